The van der Waals surface area contributed by atoms with Crippen LogP contribution >= 0.6 is 23.4 Å². The number of rotatable bonds is 7. The van der Waals surface area contributed by atoms with Crippen LogP contribution in [0.3, 0.4) is 0 Å². The van der Waals surface area contributed by atoms with Gasteiger partial charge in [0.15, 0.2) is 22.3 Å². The van der Waals surface area contributed by atoms with E-state index in [2.05, 4.69) is 25.6 Å². The van der Waals surface area contributed by atoms with Crippen LogP contribution in [0.1, 0.15) is 27.3 Å². The molecule has 5 rings (SSSR count). The van der Waals surface area contributed by atoms with Crippen molar-refractivity contribution >= 4 is 29.3 Å². The molecule has 0 saturated heterocycles. The highest BCUT2D eigenvalue weighted by Gasteiger charge is 2.22. The van der Waals surface area contributed by atoms with Crippen LogP contribution in [0.25, 0.3) is 5.69 Å². The standard InChI is InChI=1S/C23H19ClN6O3S/c1-14-3-5-16(10-17(14)24)30-18(12-34-23-25-7-2-8-26-23)21(28-29-30)22(31)27-11-15-4-6-19-20(9-15)33-13-32-19/h2-10H,11-13H2,1H3,(H,27,31). The highest BCUT2D eigenvalue weighted by atomic mass is 35.5. The van der Waals surface area contributed by atoms with Gasteiger partial charge in [0.25, 0.3) is 5.91 Å². The highest BCUT2D eigenvalue weighted by molar-refractivity contribution is 7.98. The maximum atomic E-state index is 13.1. The Hall–Kier alpha value is -3.63. The van der Waals surface area contributed by atoms with E-state index in [1.54, 1.807) is 29.2 Å². The van der Waals surface area contributed by atoms with E-state index in [1.807, 2.05) is 37.3 Å². The lowest BCUT2D eigenvalue weighted by atomic mass is 10.2. The molecule has 0 bridgehead atoms. The number of nitrogens with one attached hydrogen (secondary N) is 1. The van der Waals surface area contributed by atoms with E-state index < -0.39 is 0 Å². The van der Waals surface area contributed by atoms with Crippen molar-refractivity contribution in [1.29, 1.82) is 0 Å². The van der Waals surface area contributed by atoms with Gasteiger partial charge in [0, 0.05) is 29.7 Å². The molecular formula is C23H19ClN6O3S. The summed E-state index contributed by atoms with van der Waals surface area (Å²) in [5.74, 6) is 1.40. The predicted molar refractivity (Wildman–Crippen MR) is 126 cm³/mol. The van der Waals surface area contributed by atoms with E-state index in [0.717, 1.165) is 11.1 Å². The molecular weight excluding hydrogens is 476 g/mol. The molecule has 34 heavy (non-hydrogen) atoms. The number of carbonyl (C=O) groups excluding carboxylic acids is 1. The number of thioether (sulfide) groups is 1. The number of aryl methyl sites for hydroxylation is 1. The van der Waals surface area contributed by atoms with Crippen molar-refractivity contribution in [3.63, 3.8) is 0 Å². The maximum absolute atomic E-state index is 13.1. The lowest BCUT2D eigenvalue weighted by molar-refractivity contribution is 0.0945. The monoisotopic (exact) mass is 494 g/mol. The first-order chi connectivity index (χ1) is 16.6. The number of halogens is 1. The van der Waals surface area contributed by atoms with Gasteiger partial charge in [0.1, 0.15) is 0 Å². The summed E-state index contributed by atoms with van der Waals surface area (Å²) < 4.78 is 12.4. The number of aromatic nitrogens is 5. The van der Waals surface area contributed by atoms with Gasteiger partial charge in [-0.2, -0.15) is 0 Å². The second-order valence-electron chi connectivity index (χ2n) is 7.42. The van der Waals surface area contributed by atoms with Crippen molar-refractivity contribution in [2.45, 2.75) is 24.4 Å². The Labute approximate surface area is 204 Å². The fourth-order valence-corrected chi connectivity index (χ4v) is 4.31. The van der Waals surface area contributed by atoms with Crippen molar-refractivity contribution in [2.75, 3.05) is 6.79 Å². The molecule has 0 saturated carbocycles. The zero-order chi connectivity index (χ0) is 23.5. The fraction of sp³-hybridized carbons (Fsp3) is 0.174. The van der Waals surface area contributed by atoms with Gasteiger partial charge in [0.2, 0.25) is 6.79 Å². The number of hydrogen-bond donors (Lipinski definition) is 1. The average Bonchev–Trinajstić information content (AvgIpc) is 3.50. The number of amides is 1. The molecule has 172 valence electrons. The second kappa shape index (κ2) is 9.70. The van der Waals surface area contributed by atoms with Gasteiger partial charge in [-0.3, -0.25) is 4.79 Å². The van der Waals surface area contributed by atoms with Gasteiger partial charge < -0.3 is 14.8 Å². The second-order valence-corrected chi connectivity index (χ2v) is 8.77. The molecule has 9 nitrogen and oxygen atoms in total. The summed E-state index contributed by atoms with van der Waals surface area (Å²) in [6, 6.07) is 12.9. The van der Waals surface area contributed by atoms with E-state index >= 15 is 0 Å². The van der Waals surface area contributed by atoms with E-state index in [0.29, 0.717) is 45.4 Å². The molecule has 4 aromatic rings. The number of nitrogens with zero attached hydrogens (tertiary/aromatic N) is 5. The molecule has 2 aromatic carbocycles. The third-order valence-corrected chi connectivity index (χ3v) is 6.44. The van der Waals surface area contributed by atoms with Crippen LogP contribution in [-0.2, 0) is 12.3 Å². The summed E-state index contributed by atoms with van der Waals surface area (Å²) in [5.41, 5.74) is 3.37. The summed E-state index contributed by atoms with van der Waals surface area (Å²) in [6.45, 7) is 2.42. The fourth-order valence-electron chi connectivity index (χ4n) is 3.34. The Bertz CT molecular complexity index is 1350. The SMILES string of the molecule is Cc1ccc(-n2nnc(C(=O)NCc3ccc4c(c3)OCO4)c2CSc2ncccn2)cc1Cl. The summed E-state index contributed by atoms with van der Waals surface area (Å²) >= 11 is 7.72. The molecule has 3 heterocycles. The third-order valence-electron chi connectivity index (χ3n) is 5.15. The average molecular weight is 495 g/mol. The van der Waals surface area contributed by atoms with Crippen molar-refractivity contribution in [3.05, 3.63) is 82.4 Å². The highest BCUT2D eigenvalue weighted by Crippen LogP contribution is 2.32. The first kappa shape index (κ1) is 22.2. The molecule has 0 aliphatic carbocycles. The number of benzene rings is 2. The lowest BCUT2D eigenvalue weighted by Gasteiger charge is -2.10. The first-order valence-corrected chi connectivity index (χ1v) is 11.7. The van der Waals surface area contributed by atoms with Crippen LogP contribution in [0.4, 0.5) is 0 Å². The minimum atomic E-state index is -0.341. The maximum Gasteiger partial charge on any atom is 0.274 e. The molecule has 2 aromatic heterocycles. The molecule has 0 atom stereocenters. The number of hydrogen-bond acceptors (Lipinski definition) is 8. The van der Waals surface area contributed by atoms with Crippen LogP contribution in [0, 0.1) is 6.92 Å². The van der Waals surface area contributed by atoms with Gasteiger partial charge in [-0.15, -0.1) is 5.10 Å². The number of fused-ring (bicyclic) bond motifs is 1. The molecule has 1 aliphatic heterocycles. The largest absolute Gasteiger partial charge is 0.454 e. The lowest BCUT2D eigenvalue weighted by Crippen LogP contribution is -2.24. The molecule has 0 unspecified atom stereocenters. The Balaban J connectivity index is 1.40. The normalized spacial score (nSPS) is 12.1. The van der Waals surface area contributed by atoms with E-state index in [-0.39, 0.29) is 18.4 Å². The van der Waals surface area contributed by atoms with Gasteiger partial charge in [0.05, 0.1) is 11.4 Å². The Morgan fingerprint density at radius 2 is 1.97 bits per heavy atom. The smallest absolute Gasteiger partial charge is 0.274 e. The number of carbonyl (C=O) groups is 1. The quantitative estimate of drug-likeness (QED) is 0.304. The van der Waals surface area contributed by atoms with E-state index in [4.69, 9.17) is 21.1 Å². The van der Waals surface area contributed by atoms with Gasteiger partial charge in [-0.25, -0.2) is 14.6 Å². The minimum absolute atomic E-state index is 0.198. The zero-order valence-corrected chi connectivity index (χ0v) is 19.6. The molecule has 11 heteroatoms. The van der Waals surface area contributed by atoms with E-state index in [9.17, 15) is 4.79 Å². The van der Waals surface area contributed by atoms with Crippen molar-refractivity contribution in [3.8, 4) is 17.2 Å². The van der Waals surface area contributed by atoms with E-state index in [1.165, 1.54) is 11.8 Å². The van der Waals surface area contributed by atoms with Crippen molar-refractivity contribution in [1.82, 2.24) is 30.3 Å². The summed E-state index contributed by atoms with van der Waals surface area (Å²) in [4.78, 5) is 21.6. The van der Waals surface area contributed by atoms with Crippen LogP contribution < -0.4 is 14.8 Å². The zero-order valence-electron chi connectivity index (χ0n) is 18.1. The predicted octanol–water partition coefficient (Wildman–Crippen LogP) is 3.97. The molecule has 0 fully saturated rings. The summed E-state index contributed by atoms with van der Waals surface area (Å²) in [5, 5.41) is 12.5. The molecule has 0 spiro atoms. The Morgan fingerprint density at radius 3 is 2.79 bits per heavy atom. The van der Waals surface area contributed by atoms with Gasteiger partial charge in [-0.05, 0) is 48.4 Å². The van der Waals surface area contributed by atoms with Crippen LogP contribution in [-0.4, -0.2) is 37.7 Å². The molecule has 0 radical (unpaired) electrons. The van der Waals surface area contributed by atoms with Gasteiger partial charge >= 0.3 is 0 Å². The minimum Gasteiger partial charge on any atom is -0.454 e. The van der Waals surface area contributed by atoms with Crippen molar-refractivity contribution in [2.24, 2.45) is 0 Å². The molecule has 1 N–H and O–H groups in total. The van der Waals surface area contributed by atoms with Crippen LogP contribution in [0.5, 0.6) is 11.5 Å². The number of ether oxygens (including phenoxy) is 2. The Kier molecular flexibility index (Phi) is 6.33. The summed E-state index contributed by atoms with van der Waals surface area (Å²) in [6.07, 6.45) is 3.34. The summed E-state index contributed by atoms with van der Waals surface area (Å²) in [7, 11) is 0. The Morgan fingerprint density at radius 1 is 1.15 bits per heavy atom. The molecule has 1 aliphatic rings. The topological polar surface area (TPSA) is 104 Å². The van der Waals surface area contributed by atoms with Crippen molar-refractivity contribution < 1.29 is 14.3 Å². The molecule has 1 amide bonds. The third kappa shape index (κ3) is 4.68. The van der Waals surface area contributed by atoms with Gasteiger partial charge in [-0.1, -0.05) is 40.7 Å². The first-order valence-electron chi connectivity index (χ1n) is 10.4. The van der Waals surface area contributed by atoms with Crippen LogP contribution in [0.2, 0.25) is 5.02 Å². The van der Waals surface area contributed by atoms with Crippen LogP contribution in [0.15, 0.2) is 60.0 Å².